The molecule has 1 amide bonds. The first-order valence-corrected chi connectivity index (χ1v) is 9.54. The van der Waals surface area contributed by atoms with Crippen molar-refractivity contribution in [3.05, 3.63) is 59.8 Å². The number of aryl methyl sites for hydroxylation is 1. The van der Waals surface area contributed by atoms with E-state index in [-0.39, 0.29) is 5.56 Å². The predicted molar refractivity (Wildman–Crippen MR) is 107 cm³/mol. The van der Waals surface area contributed by atoms with Gasteiger partial charge in [0.05, 0.1) is 17.7 Å². The summed E-state index contributed by atoms with van der Waals surface area (Å²) in [6, 6.07) is 6.16. The molecular weight excluding hydrogens is 454 g/mol. The van der Waals surface area contributed by atoms with Crippen LogP contribution in [0.25, 0.3) is 27.6 Å². The number of nitrogens with zero attached hydrogens (tertiary/aromatic N) is 3. The average molecular weight is 470 g/mol. The number of carbonyl (C=O) groups excluding carboxylic acids is 1. The number of carbonyl (C=O) groups is 1. The zero-order chi connectivity index (χ0) is 24.1. The first kappa shape index (κ1) is 22.6. The molecule has 0 spiro atoms. The number of aliphatic hydroxyl groups is 1. The van der Waals surface area contributed by atoms with E-state index in [9.17, 15) is 31.1 Å². The highest BCUT2D eigenvalue weighted by Crippen LogP contribution is 2.34. The molecule has 2 aromatic carbocycles. The Bertz CT molecular complexity index is 1340. The maximum atomic E-state index is 12.9. The number of fused-ring (bicyclic) bond motifs is 3. The number of nitrogens with one attached hydrogen (secondary N) is 1. The molecule has 2 heterocycles. The maximum absolute atomic E-state index is 12.9. The minimum atomic E-state index is -4.82. The summed E-state index contributed by atoms with van der Waals surface area (Å²) in [4.78, 5) is 12.4. The van der Waals surface area contributed by atoms with Gasteiger partial charge in [-0.15, -0.1) is 0 Å². The van der Waals surface area contributed by atoms with Crippen LogP contribution in [0.4, 0.5) is 26.3 Å². The molecule has 0 saturated carbocycles. The highest BCUT2D eigenvalue weighted by Gasteiger charge is 2.40. The molecule has 0 unspecified atom stereocenters. The summed E-state index contributed by atoms with van der Waals surface area (Å²) in [6.07, 6.45) is -7.69. The van der Waals surface area contributed by atoms with Crippen LogP contribution in [0.1, 0.15) is 15.9 Å². The summed E-state index contributed by atoms with van der Waals surface area (Å²) in [6.45, 7) is -1.31. The Balaban J connectivity index is 1.81. The van der Waals surface area contributed by atoms with E-state index in [2.05, 4.69) is 5.10 Å². The lowest BCUT2D eigenvalue weighted by atomic mass is 10.1. The Kier molecular flexibility index (Phi) is 5.35. The number of halogens is 6. The Hall–Kier alpha value is -3.54. The lowest BCUT2D eigenvalue weighted by Crippen LogP contribution is -2.47. The Morgan fingerprint density at radius 1 is 1.06 bits per heavy atom. The Labute approximate surface area is 182 Å². The van der Waals surface area contributed by atoms with Crippen molar-refractivity contribution >= 4 is 27.8 Å². The van der Waals surface area contributed by atoms with Crippen molar-refractivity contribution in [2.75, 3.05) is 6.61 Å². The van der Waals surface area contributed by atoms with E-state index >= 15 is 0 Å². The molecule has 0 saturated heterocycles. The van der Waals surface area contributed by atoms with Gasteiger partial charge in [0.25, 0.3) is 5.91 Å². The summed E-state index contributed by atoms with van der Waals surface area (Å²) < 4.78 is 80.6. The zero-order valence-corrected chi connectivity index (χ0v) is 16.9. The molecule has 6 nitrogen and oxygen atoms in total. The summed E-state index contributed by atoms with van der Waals surface area (Å²) in [5.74, 6) is -1.03. The van der Waals surface area contributed by atoms with E-state index < -0.39 is 36.5 Å². The summed E-state index contributed by atoms with van der Waals surface area (Å²) in [5.41, 5.74) is 0.381. The number of rotatable bonds is 4. The standard InChI is InChI=1S/C21H16F6N4O2/c1-30-9-15-14-8-11(19(33)28-17(10-32)21(25,26)27)2-7-16(14)31(18(15)29-30)13-5-3-12(4-6-13)20(22,23)24/h2-9,17,32H,10H2,1H3,(H,28,33)/t17-/m1/s1. The number of benzene rings is 2. The number of amides is 1. The Morgan fingerprint density at radius 2 is 1.73 bits per heavy atom. The van der Waals surface area contributed by atoms with Crippen molar-refractivity contribution in [2.24, 2.45) is 7.05 Å². The van der Waals surface area contributed by atoms with Gasteiger partial charge >= 0.3 is 12.4 Å². The van der Waals surface area contributed by atoms with Gasteiger partial charge in [-0.05, 0) is 42.5 Å². The number of aromatic nitrogens is 3. The average Bonchev–Trinajstić information content (AvgIpc) is 3.24. The minimum absolute atomic E-state index is 0.0828. The highest BCUT2D eigenvalue weighted by molar-refractivity contribution is 6.10. The first-order chi connectivity index (χ1) is 15.4. The van der Waals surface area contributed by atoms with E-state index in [1.54, 1.807) is 23.1 Å². The third-order valence-corrected chi connectivity index (χ3v) is 5.15. The molecule has 0 radical (unpaired) electrons. The Morgan fingerprint density at radius 3 is 2.30 bits per heavy atom. The number of hydrogen-bond acceptors (Lipinski definition) is 3. The van der Waals surface area contributed by atoms with Crippen LogP contribution in [0.5, 0.6) is 0 Å². The van der Waals surface area contributed by atoms with Crippen LogP contribution in [-0.2, 0) is 13.2 Å². The molecule has 0 fully saturated rings. The van der Waals surface area contributed by atoms with Gasteiger partial charge in [0.2, 0.25) is 0 Å². The monoisotopic (exact) mass is 470 g/mol. The zero-order valence-electron chi connectivity index (χ0n) is 16.9. The van der Waals surface area contributed by atoms with Gasteiger partial charge in [0, 0.05) is 35.3 Å². The van der Waals surface area contributed by atoms with E-state index in [0.717, 1.165) is 12.1 Å². The molecule has 2 aromatic heterocycles. The quantitative estimate of drug-likeness (QED) is 0.440. The molecule has 12 heteroatoms. The summed E-state index contributed by atoms with van der Waals surface area (Å²) >= 11 is 0. The van der Waals surface area contributed by atoms with Gasteiger partial charge in [0.1, 0.15) is 6.04 Å². The second-order valence-corrected chi connectivity index (χ2v) is 7.40. The van der Waals surface area contributed by atoms with Crippen molar-refractivity contribution in [2.45, 2.75) is 18.4 Å². The fourth-order valence-corrected chi connectivity index (χ4v) is 3.57. The van der Waals surface area contributed by atoms with Crippen LogP contribution in [0, 0.1) is 0 Å². The molecule has 33 heavy (non-hydrogen) atoms. The third-order valence-electron chi connectivity index (χ3n) is 5.15. The van der Waals surface area contributed by atoms with Gasteiger partial charge in [-0.1, -0.05) is 0 Å². The second kappa shape index (κ2) is 7.80. The summed E-state index contributed by atoms with van der Waals surface area (Å²) in [7, 11) is 1.63. The van der Waals surface area contributed by atoms with Crippen LogP contribution < -0.4 is 5.32 Å². The minimum Gasteiger partial charge on any atom is -0.394 e. The number of hydrogen-bond donors (Lipinski definition) is 2. The SMILES string of the molecule is Cn1cc2c3cc(C(=O)N[C@H](CO)C(F)(F)F)ccc3n(-c3ccc(C(F)(F)F)cc3)c2n1. The van der Waals surface area contributed by atoms with Gasteiger partial charge in [-0.3, -0.25) is 14.0 Å². The molecule has 0 aliphatic rings. The lowest BCUT2D eigenvalue weighted by molar-refractivity contribution is -0.161. The van der Waals surface area contributed by atoms with E-state index in [4.69, 9.17) is 5.11 Å². The highest BCUT2D eigenvalue weighted by atomic mass is 19.4. The van der Waals surface area contributed by atoms with Gasteiger partial charge in [0.15, 0.2) is 5.65 Å². The van der Waals surface area contributed by atoms with Crippen LogP contribution in [-0.4, -0.2) is 44.2 Å². The predicted octanol–water partition coefficient (Wildman–Crippen LogP) is 4.19. The normalized spacial score (nSPS) is 13.6. The fraction of sp³-hybridized carbons (Fsp3) is 0.238. The molecule has 4 aromatic rings. The molecule has 0 aliphatic heterocycles. The van der Waals surface area contributed by atoms with Gasteiger partial charge < -0.3 is 10.4 Å². The molecular formula is C21H16F6N4O2. The van der Waals surface area contributed by atoms with E-state index in [1.807, 2.05) is 0 Å². The van der Waals surface area contributed by atoms with Gasteiger partial charge in [-0.2, -0.15) is 31.4 Å². The smallest absolute Gasteiger partial charge is 0.394 e. The topological polar surface area (TPSA) is 72.1 Å². The van der Waals surface area contributed by atoms with Gasteiger partial charge in [-0.25, -0.2) is 0 Å². The molecule has 1 atom stereocenters. The number of aliphatic hydroxyl groups excluding tert-OH is 1. The van der Waals surface area contributed by atoms with E-state index in [0.29, 0.717) is 27.6 Å². The molecule has 4 rings (SSSR count). The lowest BCUT2D eigenvalue weighted by Gasteiger charge is -2.19. The molecule has 0 aliphatic carbocycles. The van der Waals surface area contributed by atoms with Crippen molar-refractivity contribution < 1.29 is 36.2 Å². The first-order valence-electron chi connectivity index (χ1n) is 9.54. The van der Waals surface area contributed by atoms with Crippen molar-refractivity contribution in [3.8, 4) is 5.69 Å². The van der Waals surface area contributed by atoms with Crippen LogP contribution in [0.2, 0.25) is 0 Å². The fourth-order valence-electron chi connectivity index (χ4n) is 3.57. The van der Waals surface area contributed by atoms with Crippen LogP contribution in [0.3, 0.4) is 0 Å². The molecule has 174 valence electrons. The van der Waals surface area contributed by atoms with Crippen molar-refractivity contribution in [3.63, 3.8) is 0 Å². The van der Waals surface area contributed by atoms with Crippen molar-refractivity contribution in [1.82, 2.24) is 19.7 Å². The third kappa shape index (κ3) is 4.13. The van der Waals surface area contributed by atoms with Crippen LogP contribution in [0.15, 0.2) is 48.7 Å². The second-order valence-electron chi connectivity index (χ2n) is 7.40. The summed E-state index contributed by atoms with van der Waals surface area (Å²) in [5, 5.41) is 16.1. The molecule has 2 N–H and O–H groups in total. The maximum Gasteiger partial charge on any atom is 0.416 e. The van der Waals surface area contributed by atoms with Crippen LogP contribution >= 0.6 is 0 Å². The largest absolute Gasteiger partial charge is 0.416 e. The van der Waals surface area contributed by atoms with Crippen molar-refractivity contribution in [1.29, 1.82) is 0 Å². The van der Waals surface area contributed by atoms with E-state index in [1.165, 1.54) is 35.0 Å². The number of alkyl halides is 6. The molecule has 0 bridgehead atoms.